The van der Waals surface area contributed by atoms with Crippen LogP contribution in [0.5, 0.6) is 0 Å². The lowest BCUT2D eigenvalue weighted by Crippen LogP contribution is -2.46. The lowest BCUT2D eigenvalue weighted by Gasteiger charge is -2.39. The maximum absolute atomic E-state index is 12.9. The monoisotopic (exact) mass is 584 g/mol. The molecule has 1 saturated heterocycles. The number of hydrogen-bond acceptors (Lipinski definition) is 5. The Labute approximate surface area is 248 Å². The topological polar surface area (TPSA) is 82.6 Å². The molecule has 1 aromatic heterocycles. The van der Waals surface area contributed by atoms with Crippen molar-refractivity contribution in [1.29, 1.82) is 0 Å². The van der Waals surface area contributed by atoms with E-state index in [1.54, 1.807) is 0 Å². The molecule has 0 saturated carbocycles. The van der Waals surface area contributed by atoms with E-state index in [2.05, 4.69) is 75.2 Å². The Hall–Kier alpha value is -3.56. The first-order chi connectivity index (χ1) is 20.0. The molecule has 220 valence electrons. The van der Waals surface area contributed by atoms with Gasteiger partial charge >= 0.3 is 5.69 Å². The standard InChI is InChI=1S/C34H40N2O5Si/c1-33(2,3)42(4,5)41-29-23-28(40-31(29)36-22-21-30(37)35-32(36)38)24-39-34(25-15-9-6-10-16-25,26-17-11-7-12-18-26)27-19-13-8-14-20-27/h6-22,28-29,31H,23-24H2,1-5H3,(H,35,37,38)/t28-,29+,31+/m0/s1. The van der Waals surface area contributed by atoms with Crippen molar-refractivity contribution in [3.63, 3.8) is 0 Å². The smallest absolute Gasteiger partial charge is 0.330 e. The minimum absolute atomic E-state index is 0.0365. The molecule has 1 aliphatic heterocycles. The SMILES string of the molecule is CC(C)(C)[Si](C)(C)O[C@@H]1C[C@@H](COC(c2ccccc2)(c2ccccc2)c2ccccc2)O[C@H]1n1ccc(=O)[nH]c1=O. The van der Waals surface area contributed by atoms with Crippen molar-refractivity contribution >= 4 is 8.32 Å². The number of nitrogens with one attached hydrogen (secondary N) is 1. The normalized spacial score (nSPS) is 19.6. The van der Waals surface area contributed by atoms with Crippen molar-refractivity contribution < 1.29 is 13.9 Å². The minimum atomic E-state index is -2.23. The molecular formula is C34H40N2O5Si. The molecule has 0 spiro atoms. The summed E-state index contributed by atoms with van der Waals surface area (Å²) >= 11 is 0. The Balaban J connectivity index is 1.52. The molecule has 1 fully saturated rings. The van der Waals surface area contributed by atoms with Crippen molar-refractivity contribution in [3.05, 3.63) is 141 Å². The Morgan fingerprint density at radius 1 is 0.833 bits per heavy atom. The van der Waals surface area contributed by atoms with Crippen LogP contribution < -0.4 is 11.2 Å². The fraction of sp³-hybridized carbons (Fsp3) is 0.353. The second-order valence-electron chi connectivity index (χ2n) is 12.4. The van der Waals surface area contributed by atoms with Crippen molar-refractivity contribution in [2.24, 2.45) is 0 Å². The summed E-state index contributed by atoms with van der Waals surface area (Å²) in [5.74, 6) is 0. The number of aromatic nitrogens is 2. The number of benzene rings is 3. The highest BCUT2D eigenvalue weighted by molar-refractivity contribution is 6.74. The molecule has 7 nitrogen and oxygen atoms in total. The first-order valence-corrected chi connectivity index (χ1v) is 17.4. The van der Waals surface area contributed by atoms with E-state index < -0.39 is 31.4 Å². The summed E-state index contributed by atoms with van der Waals surface area (Å²) in [4.78, 5) is 27.1. The van der Waals surface area contributed by atoms with E-state index in [9.17, 15) is 9.59 Å². The van der Waals surface area contributed by atoms with Crippen LogP contribution in [0.15, 0.2) is 113 Å². The molecule has 2 heterocycles. The summed E-state index contributed by atoms with van der Waals surface area (Å²) in [5, 5.41) is -0.0365. The van der Waals surface area contributed by atoms with Gasteiger partial charge in [-0.1, -0.05) is 112 Å². The maximum Gasteiger partial charge on any atom is 0.330 e. The molecule has 0 aliphatic carbocycles. The average molecular weight is 585 g/mol. The second-order valence-corrected chi connectivity index (χ2v) is 17.2. The van der Waals surface area contributed by atoms with Crippen molar-refractivity contribution in [3.8, 4) is 0 Å². The number of ether oxygens (including phenoxy) is 2. The van der Waals surface area contributed by atoms with Crippen molar-refractivity contribution in [2.75, 3.05) is 6.61 Å². The highest BCUT2D eigenvalue weighted by atomic mass is 28.4. The van der Waals surface area contributed by atoms with E-state index in [1.807, 2.05) is 54.6 Å². The van der Waals surface area contributed by atoms with Crippen LogP contribution in [0.25, 0.3) is 0 Å². The van der Waals surface area contributed by atoms with Gasteiger partial charge in [-0.15, -0.1) is 0 Å². The van der Waals surface area contributed by atoms with Gasteiger partial charge in [0.1, 0.15) is 5.60 Å². The van der Waals surface area contributed by atoms with Crippen molar-refractivity contribution in [2.45, 2.75) is 69.4 Å². The Morgan fingerprint density at radius 3 is 1.79 bits per heavy atom. The highest BCUT2D eigenvalue weighted by Crippen LogP contribution is 2.44. The van der Waals surface area contributed by atoms with Crippen LogP contribution >= 0.6 is 0 Å². The average Bonchev–Trinajstić information content (AvgIpc) is 3.36. The fourth-order valence-corrected chi connectivity index (χ4v) is 6.67. The summed E-state index contributed by atoms with van der Waals surface area (Å²) < 4.78 is 21.9. The van der Waals surface area contributed by atoms with E-state index in [0.717, 1.165) is 16.7 Å². The third-order valence-corrected chi connectivity index (χ3v) is 13.1. The summed E-state index contributed by atoms with van der Waals surface area (Å²) in [7, 11) is -2.23. The molecule has 3 atom stereocenters. The number of hydrogen-bond donors (Lipinski definition) is 1. The molecule has 1 aliphatic rings. The predicted molar refractivity (Wildman–Crippen MR) is 167 cm³/mol. The van der Waals surface area contributed by atoms with Crippen LogP contribution in [-0.4, -0.2) is 36.7 Å². The van der Waals surface area contributed by atoms with Crippen LogP contribution in [0.3, 0.4) is 0 Å². The van der Waals surface area contributed by atoms with E-state index in [0.29, 0.717) is 6.42 Å². The quantitative estimate of drug-likeness (QED) is 0.187. The van der Waals surface area contributed by atoms with Gasteiger partial charge in [0, 0.05) is 18.7 Å². The number of nitrogens with zero attached hydrogens (tertiary/aromatic N) is 1. The largest absolute Gasteiger partial charge is 0.409 e. The van der Waals surface area contributed by atoms with Gasteiger partial charge in [0.25, 0.3) is 5.56 Å². The lowest BCUT2D eigenvalue weighted by atomic mass is 9.80. The fourth-order valence-electron chi connectivity index (χ4n) is 5.34. The van der Waals surface area contributed by atoms with Gasteiger partial charge < -0.3 is 13.9 Å². The van der Waals surface area contributed by atoms with Gasteiger partial charge in [-0.2, -0.15) is 0 Å². The molecule has 4 aromatic rings. The van der Waals surface area contributed by atoms with Crippen LogP contribution in [0.1, 0.15) is 50.1 Å². The molecular weight excluding hydrogens is 544 g/mol. The van der Waals surface area contributed by atoms with Gasteiger partial charge in [-0.25, -0.2) is 4.79 Å². The first kappa shape index (κ1) is 29.9. The van der Waals surface area contributed by atoms with E-state index in [1.165, 1.54) is 16.8 Å². The molecule has 0 amide bonds. The zero-order valence-electron chi connectivity index (χ0n) is 24.9. The zero-order chi connectivity index (χ0) is 30.0. The number of aromatic amines is 1. The molecule has 8 heteroatoms. The maximum atomic E-state index is 12.9. The zero-order valence-corrected chi connectivity index (χ0v) is 25.9. The van der Waals surface area contributed by atoms with E-state index in [4.69, 9.17) is 13.9 Å². The summed E-state index contributed by atoms with van der Waals surface area (Å²) in [6.45, 7) is 11.2. The van der Waals surface area contributed by atoms with Gasteiger partial charge in [0.05, 0.1) is 18.8 Å². The van der Waals surface area contributed by atoms with Gasteiger partial charge in [-0.3, -0.25) is 14.3 Å². The summed E-state index contributed by atoms with van der Waals surface area (Å²) in [5.41, 5.74) is 1.14. The van der Waals surface area contributed by atoms with E-state index >= 15 is 0 Å². The van der Waals surface area contributed by atoms with Crippen LogP contribution in [0, 0.1) is 0 Å². The van der Waals surface area contributed by atoms with Gasteiger partial charge in [0.2, 0.25) is 0 Å². The molecule has 1 N–H and O–H groups in total. The third-order valence-electron chi connectivity index (χ3n) is 8.55. The van der Waals surface area contributed by atoms with Crippen LogP contribution in [0.2, 0.25) is 18.1 Å². The number of rotatable bonds is 9. The predicted octanol–water partition coefficient (Wildman–Crippen LogP) is 6.22. The lowest BCUT2D eigenvalue weighted by molar-refractivity contribution is -0.0864. The molecule has 3 aromatic carbocycles. The van der Waals surface area contributed by atoms with Gasteiger partial charge in [-0.05, 0) is 34.8 Å². The minimum Gasteiger partial charge on any atom is -0.409 e. The molecule has 0 unspecified atom stereocenters. The molecule has 5 rings (SSSR count). The summed E-state index contributed by atoms with van der Waals surface area (Å²) in [6.07, 6.45) is 0.578. The van der Waals surface area contributed by atoms with Crippen molar-refractivity contribution in [1.82, 2.24) is 9.55 Å². The van der Waals surface area contributed by atoms with Crippen LogP contribution in [0.4, 0.5) is 0 Å². The first-order valence-electron chi connectivity index (χ1n) is 14.5. The Morgan fingerprint density at radius 2 is 1.33 bits per heavy atom. The van der Waals surface area contributed by atoms with Crippen LogP contribution in [-0.2, 0) is 19.5 Å². The molecule has 42 heavy (non-hydrogen) atoms. The Kier molecular flexibility index (Phi) is 8.53. The van der Waals surface area contributed by atoms with E-state index in [-0.39, 0.29) is 23.9 Å². The highest BCUT2D eigenvalue weighted by Gasteiger charge is 2.47. The third kappa shape index (κ3) is 5.98. The number of H-pyrrole nitrogens is 1. The molecule has 0 radical (unpaired) electrons. The summed E-state index contributed by atoms with van der Waals surface area (Å²) in [6, 6.07) is 32.0. The molecule has 0 bridgehead atoms. The van der Waals surface area contributed by atoms with Gasteiger partial charge in [0.15, 0.2) is 14.5 Å². The second kappa shape index (κ2) is 12.0. The Bertz CT molecular complexity index is 1480.